The lowest BCUT2D eigenvalue weighted by Crippen LogP contribution is -2.52. The van der Waals surface area contributed by atoms with Gasteiger partial charge in [0.15, 0.2) is 0 Å². The molecule has 0 atom stereocenters. The highest BCUT2D eigenvalue weighted by Crippen LogP contribution is 2.12. The van der Waals surface area contributed by atoms with Crippen molar-refractivity contribution in [1.29, 1.82) is 0 Å². The number of halogens is 1. The maximum Gasteiger partial charge on any atom is 0.228 e. The summed E-state index contributed by atoms with van der Waals surface area (Å²) < 4.78 is 0. The molecule has 0 saturated carbocycles. The highest BCUT2D eigenvalue weighted by atomic mass is 35.5. The topological polar surface area (TPSA) is 32.3 Å². The fraction of sp³-hybridized carbons (Fsp3) is 0.500. The molecule has 1 heterocycles. The summed E-state index contributed by atoms with van der Waals surface area (Å²) in [5.74, 6) is 0.500. The van der Waals surface area contributed by atoms with Crippen molar-refractivity contribution in [3.8, 4) is 0 Å². The van der Waals surface area contributed by atoms with Crippen LogP contribution in [-0.2, 0) is 11.3 Å². The minimum absolute atomic E-state index is 0. The van der Waals surface area contributed by atoms with Gasteiger partial charge >= 0.3 is 0 Å². The summed E-state index contributed by atoms with van der Waals surface area (Å²) in [4.78, 5) is 14.2. The van der Waals surface area contributed by atoms with Gasteiger partial charge in [-0.25, -0.2) is 0 Å². The standard InChI is InChI=1S/C14H20N2O.ClH/c1-2-8-16(14(17)13-9-15-10-13)11-12-6-4-3-5-7-12;/h3-7,13,15H,2,8-11H2,1H3;1H. The highest BCUT2D eigenvalue weighted by Gasteiger charge is 2.28. The molecular formula is C14H21ClN2O. The van der Waals surface area contributed by atoms with Crippen LogP contribution in [-0.4, -0.2) is 30.4 Å². The van der Waals surface area contributed by atoms with Crippen molar-refractivity contribution in [3.63, 3.8) is 0 Å². The number of hydrogen-bond acceptors (Lipinski definition) is 2. The van der Waals surface area contributed by atoms with E-state index in [4.69, 9.17) is 0 Å². The fourth-order valence-electron chi connectivity index (χ4n) is 2.06. The monoisotopic (exact) mass is 268 g/mol. The molecule has 4 heteroatoms. The predicted molar refractivity (Wildman–Crippen MR) is 75.8 cm³/mol. The average Bonchev–Trinajstić information content (AvgIpc) is 2.27. The molecule has 0 bridgehead atoms. The third-order valence-corrected chi connectivity index (χ3v) is 3.15. The Bertz CT molecular complexity index is 365. The SMILES string of the molecule is CCCN(Cc1ccccc1)C(=O)C1CNC1.Cl. The Balaban J connectivity index is 0.00000162. The van der Waals surface area contributed by atoms with Crippen molar-refractivity contribution in [2.45, 2.75) is 19.9 Å². The second kappa shape index (κ2) is 7.39. The van der Waals surface area contributed by atoms with Crippen LogP contribution in [0, 0.1) is 5.92 Å². The molecule has 0 spiro atoms. The Labute approximate surface area is 115 Å². The zero-order valence-corrected chi connectivity index (χ0v) is 11.6. The number of nitrogens with one attached hydrogen (secondary N) is 1. The number of rotatable bonds is 5. The number of amides is 1. The molecular weight excluding hydrogens is 248 g/mol. The normalized spacial score (nSPS) is 14.5. The van der Waals surface area contributed by atoms with Gasteiger partial charge in [-0.2, -0.15) is 0 Å². The van der Waals surface area contributed by atoms with Gasteiger partial charge in [-0.05, 0) is 12.0 Å². The van der Waals surface area contributed by atoms with Gasteiger partial charge in [-0.3, -0.25) is 4.79 Å². The van der Waals surface area contributed by atoms with Gasteiger partial charge in [-0.1, -0.05) is 37.3 Å². The van der Waals surface area contributed by atoms with Crippen LogP contribution in [0.2, 0.25) is 0 Å². The summed E-state index contributed by atoms with van der Waals surface area (Å²) in [6.45, 7) is 5.39. The van der Waals surface area contributed by atoms with Crippen LogP contribution >= 0.6 is 12.4 Å². The summed E-state index contributed by atoms with van der Waals surface area (Å²) in [5, 5.41) is 3.16. The predicted octanol–water partition coefficient (Wildman–Crippen LogP) is 2.07. The first-order valence-corrected chi connectivity index (χ1v) is 6.34. The Kier molecular flexibility index (Phi) is 6.16. The number of benzene rings is 1. The Morgan fingerprint density at radius 2 is 2.00 bits per heavy atom. The lowest BCUT2D eigenvalue weighted by atomic mass is 10.0. The minimum atomic E-state index is 0. The van der Waals surface area contributed by atoms with Crippen molar-refractivity contribution in [2.75, 3.05) is 19.6 Å². The molecule has 0 aromatic heterocycles. The smallest absolute Gasteiger partial charge is 0.228 e. The van der Waals surface area contributed by atoms with Crippen molar-refractivity contribution < 1.29 is 4.79 Å². The fourth-order valence-corrected chi connectivity index (χ4v) is 2.06. The van der Waals surface area contributed by atoms with Gasteiger partial charge in [0, 0.05) is 26.2 Å². The Morgan fingerprint density at radius 3 is 2.50 bits per heavy atom. The second-order valence-corrected chi connectivity index (χ2v) is 4.60. The minimum Gasteiger partial charge on any atom is -0.338 e. The first-order valence-electron chi connectivity index (χ1n) is 6.34. The maximum atomic E-state index is 12.2. The zero-order chi connectivity index (χ0) is 12.1. The van der Waals surface area contributed by atoms with Crippen LogP contribution < -0.4 is 5.32 Å². The lowest BCUT2D eigenvalue weighted by molar-refractivity contribution is -0.137. The summed E-state index contributed by atoms with van der Waals surface area (Å²) in [7, 11) is 0. The molecule has 1 saturated heterocycles. The third-order valence-electron chi connectivity index (χ3n) is 3.15. The first kappa shape index (κ1) is 15.0. The van der Waals surface area contributed by atoms with Gasteiger partial charge in [0.2, 0.25) is 5.91 Å². The molecule has 1 fully saturated rings. The van der Waals surface area contributed by atoms with Crippen LogP contribution in [0.25, 0.3) is 0 Å². The lowest BCUT2D eigenvalue weighted by Gasteiger charge is -2.32. The highest BCUT2D eigenvalue weighted by molar-refractivity contribution is 5.85. The second-order valence-electron chi connectivity index (χ2n) is 4.60. The first-order chi connectivity index (χ1) is 8.31. The summed E-state index contributed by atoms with van der Waals surface area (Å²) in [5.41, 5.74) is 1.21. The van der Waals surface area contributed by atoms with E-state index in [0.29, 0.717) is 5.91 Å². The van der Waals surface area contributed by atoms with Crippen LogP contribution in [0.5, 0.6) is 0 Å². The molecule has 2 rings (SSSR count). The number of carbonyl (C=O) groups excluding carboxylic acids is 1. The van der Waals surface area contributed by atoms with Crippen LogP contribution in [0.4, 0.5) is 0 Å². The summed E-state index contributed by atoms with van der Waals surface area (Å²) in [6.07, 6.45) is 1.01. The van der Waals surface area contributed by atoms with E-state index in [9.17, 15) is 4.79 Å². The van der Waals surface area contributed by atoms with E-state index in [1.165, 1.54) is 5.56 Å². The van der Waals surface area contributed by atoms with Gasteiger partial charge in [0.25, 0.3) is 0 Å². The van der Waals surface area contributed by atoms with Gasteiger partial charge in [0.1, 0.15) is 0 Å². The number of carbonyl (C=O) groups is 1. The molecule has 1 aromatic rings. The molecule has 0 unspecified atom stereocenters. The van der Waals surface area contributed by atoms with E-state index in [1.54, 1.807) is 0 Å². The van der Waals surface area contributed by atoms with Gasteiger partial charge in [0.05, 0.1) is 5.92 Å². The van der Waals surface area contributed by atoms with E-state index in [-0.39, 0.29) is 18.3 Å². The molecule has 3 nitrogen and oxygen atoms in total. The van der Waals surface area contributed by atoms with E-state index in [2.05, 4.69) is 24.4 Å². The van der Waals surface area contributed by atoms with Crippen LogP contribution in [0.15, 0.2) is 30.3 Å². The number of nitrogens with zero attached hydrogens (tertiary/aromatic N) is 1. The van der Waals surface area contributed by atoms with Crippen molar-refractivity contribution >= 4 is 18.3 Å². The molecule has 1 aliphatic rings. The molecule has 100 valence electrons. The maximum absolute atomic E-state index is 12.2. The van der Waals surface area contributed by atoms with Gasteiger partial charge < -0.3 is 10.2 Å². The van der Waals surface area contributed by atoms with E-state index < -0.39 is 0 Å². The average molecular weight is 269 g/mol. The van der Waals surface area contributed by atoms with Gasteiger partial charge in [-0.15, -0.1) is 12.4 Å². The van der Waals surface area contributed by atoms with Crippen LogP contribution in [0.3, 0.4) is 0 Å². The molecule has 1 aliphatic heterocycles. The summed E-state index contributed by atoms with van der Waals surface area (Å²) >= 11 is 0. The molecule has 1 aromatic carbocycles. The van der Waals surface area contributed by atoms with E-state index >= 15 is 0 Å². The Hall–Kier alpha value is -1.06. The largest absolute Gasteiger partial charge is 0.338 e. The molecule has 18 heavy (non-hydrogen) atoms. The zero-order valence-electron chi connectivity index (χ0n) is 10.8. The molecule has 1 amide bonds. The third kappa shape index (κ3) is 3.72. The van der Waals surface area contributed by atoms with E-state index in [0.717, 1.165) is 32.6 Å². The van der Waals surface area contributed by atoms with Crippen molar-refractivity contribution in [2.24, 2.45) is 5.92 Å². The van der Waals surface area contributed by atoms with Crippen LogP contribution in [0.1, 0.15) is 18.9 Å². The van der Waals surface area contributed by atoms with Crippen molar-refractivity contribution in [3.05, 3.63) is 35.9 Å². The quantitative estimate of drug-likeness (QED) is 0.887. The molecule has 1 N–H and O–H groups in total. The Morgan fingerprint density at radius 1 is 1.33 bits per heavy atom. The molecule has 0 radical (unpaired) electrons. The number of hydrogen-bond donors (Lipinski definition) is 1. The summed E-state index contributed by atoms with van der Waals surface area (Å²) in [6, 6.07) is 10.2. The molecule has 0 aliphatic carbocycles. The van der Waals surface area contributed by atoms with E-state index in [1.807, 2.05) is 23.1 Å². The van der Waals surface area contributed by atoms with Crippen molar-refractivity contribution in [1.82, 2.24) is 10.2 Å².